The highest BCUT2D eigenvalue weighted by molar-refractivity contribution is 7.97. The molecule has 0 N–H and O–H groups in total. The van der Waals surface area contributed by atoms with Crippen molar-refractivity contribution in [3.63, 3.8) is 0 Å². The van der Waals surface area contributed by atoms with E-state index in [0.717, 1.165) is 37.8 Å². The highest BCUT2D eigenvalue weighted by Gasteiger charge is 2.33. The molecule has 4 aromatic rings. The summed E-state index contributed by atoms with van der Waals surface area (Å²) in [5.74, 6) is 0.151. The van der Waals surface area contributed by atoms with Crippen LogP contribution in [0.4, 0.5) is 11.4 Å². The highest BCUT2D eigenvalue weighted by Crippen LogP contribution is 2.48. The van der Waals surface area contributed by atoms with E-state index in [4.69, 9.17) is 18.9 Å². The van der Waals surface area contributed by atoms with Gasteiger partial charge in [0, 0.05) is 11.5 Å². The van der Waals surface area contributed by atoms with E-state index in [1.54, 1.807) is 48.5 Å². The van der Waals surface area contributed by atoms with Crippen LogP contribution in [0, 0.1) is 20.2 Å². The third kappa shape index (κ3) is 13.3. The minimum Gasteiger partial charge on any atom is -0.494 e. The Balaban J connectivity index is 1.25. The zero-order chi connectivity index (χ0) is 42.0. The second-order valence-electron chi connectivity index (χ2n) is 14.7. The molecular weight excluding hydrogens is 773 g/mol. The van der Waals surface area contributed by atoms with Crippen LogP contribution in [0.3, 0.4) is 0 Å². The van der Waals surface area contributed by atoms with Gasteiger partial charge in [-0.2, -0.15) is 11.8 Å². The van der Waals surface area contributed by atoms with E-state index in [2.05, 4.69) is 13.8 Å². The van der Waals surface area contributed by atoms with Gasteiger partial charge >= 0.3 is 11.9 Å². The molecule has 314 valence electrons. The van der Waals surface area contributed by atoms with E-state index in [9.17, 15) is 29.8 Å². The number of ether oxygens (including phenoxy) is 4. The third-order valence-corrected chi connectivity index (χ3v) is 11.2. The Labute approximate surface area is 350 Å². The molecule has 1 aliphatic heterocycles. The number of thioether (sulfide) groups is 1. The van der Waals surface area contributed by atoms with Crippen LogP contribution in [0.15, 0.2) is 72.8 Å². The number of unbranched alkanes of at least 4 members (excludes halogenated alkanes) is 12. The summed E-state index contributed by atoms with van der Waals surface area (Å²) in [5, 5.41) is 25.1. The van der Waals surface area contributed by atoms with Crippen molar-refractivity contribution in [3.05, 3.63) is 115 Å². The van der Waals surface area contributed by atoms with Crippen molar-refractivity contribution >= 4 is 35.1 Å². The van der Waals surface area contributed by atoms with Crippen LogP contribution in [0.2, 0.25) is 0 Å². The Kier molecular flexibility index (Phi) is 17.6. The van der Waals surface area contributed by atoms with Crippen LogP contribution in [-0.2, 0) is 11.5 Å². The standard InChI is InChI=1S/C46H54N2O10S/c1-3-5-7-9-11-13-15-25-55-37-21-17-33(18-22-37)45(49)57-39-27-35-31-59-32-36-28-40(30-42(48(53)54)44(36)43(35)41(29-39)47(51)52)58-46(50)34-19-23-38(24-20-34)56-26-16-14-12-10-8-6-4-2/h17-24,27-30H,3-16,25-26,31-32H2,1-2H3. The van der Waals surface area contributed by atoms with Gasteiger partial charge in [0.15, 0.2) is 0 Å². The molecule has 5 rings (SSSR count). The van der Waals surface area contributed by atoms with Gasteiger partial charge < -0.3 is 18.9 Å². The normalized spacial score (nSPS) is 11.8. The van der Waals surface area contributed by atoms with E-state index in [0.29, 0.717) is 35.8 Å². The minimum atomic E-state index is -0.720. The number of hydrogen-bond acceptors (Lipinski definition) is 11. The number of rotatable bonds is 24. The molecule has 13 heteroatoms. The van der Waals surface area contributed by atoms with Gasteiger partial charge in [0.25, 0.3) is 11.4 Å². The summed E-state index contributed by atoms with van der Waals surface area (Å²) in [5.41, 5.74) is 0.431. The maximum absolute atomic E-state index is 13.2. The van der Waals surface area contributed by atoms with Crippen molar-refractivity contribution < 1.29 is 38.4 Å². The topological polar surface area (TPSA) is 157 Å². The van der Waals surface area contributed by atoms with Crippen LogP contribution in [0.25, 0.3) is 11.1 Å². The van der Waals surface area contributed by atoms with Gasteiger partial charge in [-0.1, -0.05) is 90.9 Å². The highest BCUT2D eigenvalue weighted by atomic mass is 32.2. The van der Waals surface area contributed by atoms with Crippen molar-refractivity contribution in [3.8, 4) is 34.1 Å². The van der Waals surface area contributed by atoms with E-state index in [1.807, 2.05) is 0 Å². The Morgan fingerprint density at radius 2 is 0.881 bits per heavy atom. The lowest BCUT2D eigenvalue weighted by molar-refractivity contribution is -0.386. The van der Waals surface area contributed by atoms with E-state index >= 15 is 0 Å². The van der Waals surface area contributed by atoms with Gasteiger partial charge in [-0.3, -0.25) is 20.2 Å². The first-order chi connectivity index (χ1) is 28.7. The van der Waals surface area contributed by atoms with Crippen molar-refractivity contribution in [2.24, 2.45) is 0 Å². The molecule has 0 amide bonds. The molecule has 0 fully saturated rings. The predicted molar refractivity (Wildman–Crippen MR) is 230 cm³/mol. The van der Waals surface area contributed by atoms with Crippen LogP contribution in [0.1, 0.15) is 136 Å². The summed E-state index contributed by atoms with van der Waals surface area (Å²) in [6, 6.07) is 18.2. The zero-order valence-electron chi connectivity index (χ0n) is 34.0. The summed E-state index contributed by atoms with van der Waals surface area (Å²) in [7, 11) is 0. The van der Waals surface area contributed by atoms with Gasteiger partial charge in [0.2, 0.25) is 0 Å². The van der Waals surface area contributed by atoms with E-state index < -0.39 is 33.2 Å². The van der Waals surface area contributed by atoms with Crippen molar-refractivity contribution in [2.45, 2.75) is 115 Å². The van der Waals surface area contributed by atoms with Crippen molar-refractivity contribution in [1.82, 2.24) is 0 Å². The first kappa shape index (κ1) is 44.7. The van der Waals surface area contributed by atoms with Crippen molar-refractivity contribution in [1.29, 1.82) is 0 Å². The summed E-state index contributed by atoms with van der Waals surface area (Å²) in [6.07, 6.45) is 16.4. The van der Waals surface area contributed by atoms with Gasteiger partial charge in [-0.05, 0) is 84.6 Å². The molecule has 0 radical (unpaired) electrons. The number of benzene rings is 4. The lowest BCUT2D eigenvalue weighted by Crippen LogP contribution is -2.10. The molecule has 0 aromatic heterocycles. The average Bonchev–Trinajstić information content (AvgIpc) is 3.41. The summed E-state index contributed by atoms with van der Waals surface area (Å²) >= 11 is 1.37. The number of hydrogen-bond donors (Lipinski definition) is 0. The quantitative estimate of drug-likeness (QED) is 0.0218. The second-order valence-corrected chi connectivity index (χ2v) is 15.7. The number of nitrogens with zero attached hydrogens (tertiary/aromatic N) is 2. The largest absolute Gasteiger partial charge is 0.494 e. The number of carbonyl (C=O) groups is 2. The number of carbonyl (C=O) groups excluding carboxylic acids is 2. The molecule has 0 saturated carbocycles. The predicted octanol–water partition coefficient (Wildman–Crippen LogP) is 12.6. The molecule has 59 heavy (non-hydrogen) atoms. The molecule has 0 atom stereocenters. The first-order valence-corrected chi connectivity index (χ1v) is 21.9. The fraction of sp³-hybridized carbons (Fsp3) is 0.435. The smallest absolute Gasteiger partial charge is 0.343 e. The SMILES string of the molecule is CCCCCCCCCOc1ccc(C(=O)Oc2cc3c(c([N+](=O)[O-])c2)-c2c(cc(OC(=O)c4ccc(OCCCCCCCCC)cc4)cc2[N+](=O)[O-])CSC3)cc1. The summed E-state index contributed by atoms with van der Waals surface area (Å²) < 4.78 is 22.9. The maximum atomic E-state index is 13.2. The number of nitro benzene ring substituents is 2. The number of nitro groups is 2. The average molecular weight is 827 g/mol. The fourth-order valence-electron chi connectivity index (χ4n) is 7.00. The molecular formula is C46H54N2O10S. The number of esters is 2. The van der Waals surface area contributed by atoms with Crippen LogP contribution in [-0.4, -0.2) is 35.0 Å². The minimum absolute atomic E-state index is 0.0499. The van der Waals surface area contributed by atoms with E-state index in [-0.39, 0.29) is 45.3 Å². The molecule has 0 spiro atoms. The van der Waals surface area contributed by atoms with Crippen LogP contribution >= 0.6 is 11.8 Å². The summed E-state index contributed by atoms with van der Waals surface area (Å²) in [4.78, 5) is 50.1. The molecule has 0 bridgehead atoms. The Hall–Kier alpha value is -5.43. The third-order valence-electron chi connectivity index (χ3n) is 10.1. The number of fused-ring (bicyclic) bond motifs is 3. The van der Waals surface area contributed by atoms with Gasteiger partial charge in [-0.25, -0.2) is 9.59 Å². The summed E-state index contributed by atoms with van der Waals surface area (Å²) in [6.45, 7) is 5.55. The van der Waals surface area contributed by atoms with Gasteiger partial charge in [0.1, 0.15) is 23.0 Å². The zero-order valence-corrected chi connectivity index (χ0v) is 34.9. The molecule has 0 aliphatic carbocycles. The molecule has 0 unspecified atom stereocenters. The lowest BCUT2D eigenvalue weighted by atomic mass is 9.93. The molecule has 0 saturated heterocycles. The van der Waals surface area contributed by atoms with Gasteiger partial charge in [0.05, 0.1) is 57.4 Å². The van der Waals surface area contributed by atoms with Crippen molar-refractivity contribution in [2.75, 3.05) is 13.2 Å². The molecule has 12 nitrogen and oxygen atoms in total. The van der Waals surface area contributed by atoms with Gasteiger partial charge in [-0.15, -0.1) is 0 Å². The Morgan fingerprint density at radius 1 is 0.525 bits per heavy atom. The molecule has 1 heterocycles. The maximum Gasteiger partial charge on any atom is 0.343 e. The Morgan fingerprint density at radius 3 is 1.24 bits per heavy atom. The van der Waals surface area contributed by atoms with Crippen LogP contribution < -0.4 is 18.9 Å². The Bertz CT molecular complexity index is 1890. The fourth-order valence-corrected chi connectivity index (χ4v) is 8.00. The first-order valence-electron chi connectivity index (χ1n) is 20.8. The monoisotopic (exact) mass is 826 g/mol. The van der Waals surface area contributed by atoms with E-state index in [1.165, 1.54) is 88.1 Å². The second kappa shape index (κ2) is 23.2. The molecule has 1 aliphatic rings. The van der Waals surface area contributed by atoms with Crippen LogP contribution in [0.5, 0.6) is 23.0 Å². The molecule has 4 aromatic carbocycles. The lowest BCUT2D eigenvalue weighted by Gasteiger charge is -2.14.